The van der Waals surface area contributed by atoms with Gasteiger partial charge in [-0.25, -0.2) is 9.59 Å². The fourth-order valence-corrected chi connectivity index (χ4v) is 2.93. The first-order valence-corrected chi connectivity index (χ1v) is 8.24. The maximum atomic E-state index is 12.7. The third kappa shape index (κ3) is 3.83. The first-order valence-electron chi connectivity index (χ1n) is 7.71. The summed E-state index contributed by atoms with van der Waals surface area (Å²) >= 11 is 5.82. The highest BCUT2D eigenvalue weighted by Crippen LogP contribution is 2.39. The number of halogens is 1. The third-order valence-corrected chi connectivity index (χ3v) is 4.04. The van der Waals surface area contributed by atoms with E-state index in [-0.39, 0.29) is 13.0 Å². The van der Waals surface area contributed by atoms with Gasteiger partial charge in [-0.2, -0.15) is 0 Å². The van der Waals surface area contributed by atoms with Crippen LogP contribution in [0.1, 0.15) is 33.6 Å². The van der Waals surface area contributed by atoms with Gasteiger partial charge in [-0.05, 0) is 33.6 Å². The van der Waals surface area contributed by atoms with Crippen molar-refractivity contribution in [1.82, 2.24) is 4.90 Å². The van der Waals surface area contributed by atoms with Gasteiger partial charge in [0.05, 0.1) is 19.4 Å². The van der Waals surface area contributed by atoms with Gasteiger partial charge in [0.2, 0.25) is 0 Å². The molecule has 7 nitrogen and oxygen atoms in total. The van der Waals surface area contributed by atoms with E-state index < -0.39 is 23.2 Å². The summed E-state index contributed by atoms with van der Waals surface area (Å²) in [5.74, 6) is -0.258. The van der Waals surface area contributed by atoms with Gasteiger partial charge in [-0.3, -0.25) is 9.89 Å². The number of esters is 1. The molecule has 0 radical (unpaired) electrons. The zero-order valence-corrected chi connectivity index (χ0v) is 15.6. The standard InChI is InChI=1S/C16H26ClN3O4/c1-15(2,3)24-14(22)20-10-12(19-4)11(9-18)16(20,7-6-8-17)13(21)23-5/h9H,6-8,10,18H2,1-5H3/b11-9+,19-12?. The van der Waals surface area contributed by atoms with Crippen LogP contribution >= 0.6 is 11.6 Å². The molecule has 136 valence electrons. The molecule has 0 aromatic heterocycles. The lowest BCUT2D eigenvalue weighted by molar-refractivity contribution is -0.151. The molecule has 1 heterocycles. The Hall–Kier alpha value is -1.76. The number of alkyl halides is 1. The Morgan fingerprint density at radius 2 is 2.08 bits per heavy atom. The van der Waals surface area contributed by atoms with Gasteiger partial charge in [0.1, 0.15) is 5.60 Å². The predicted molar refractivity (Wildman–Crippen MR) is 93.3 cm³/mol. The molecule has 2 N–H and O–H groups in total. The van der Waals surface area contributed by atoms with E-state index in [9.17, 15) is 9.59 Å². The number of carbonyl (C=O) groups excluding carboxylic acids is 2. The Bertz CT molecular complexity index is 554. The molecule has 0 spiro atoms. The average molecular weight is 360 g/mol. The highest BCUT2D eigenvalue weighted by molar-refractivity contribution is 6.18. The van der Waals surface area contributed by atoms with E-state index in [1.807, 2.05) is 0 Å². The number of amides is 1. The Balaban J connectivity index is 3.46. The van der Waals surface area contributed by atoms with Crippen molar-refractivity contribution in [2.24, 2.45) is 10.7 Å². The minimum absolute atomic E-state index is 0.117. The van der Waals surface area contributed by atoms with Crippen LogP contribution in [0.25, 0.3) is 0 Å². The van der Waals surface area contributed by atoms with Crippen molar-refractivity contribution >= 4 is 29.4 Å². The van der Waals surface area contributed by atoms with Crippen molar-refractivity contribution in [3.05, 3.63) is 11.8 Å². The van der Waals surface area contributed by atoms with Crippen LogP contribution in [-0.4, -0.2) is 60.4 Å². The fourth-order valence-electron chi connectivity index (χ4n) is 2.80. The number of likely N-dealkylation sites (tertiary alicyclic amines) is 1. The summed E-state index contributed by atoms with van der Waals surface area (Å²) in [4.78, 5) is 30.9. The third-order valence-electron chi connectivity index (χ3n) is 3.77. The number of hydrogen-bond acceptors (Lipinski definition) is 6. The fraction of sp³-hybridized carbons (Fsp3) is 0.688. The Morgan fingerprint density at radius 3 is 2.50 bits per heavy atom. The summed E-state index contributed by atoms with van der Waals surface area (Å²) in [5.41, 5.74) is 4.68. The number of nitrogens with zero attached hydrogens (tertiary/aromatic N) is 2. The number of hydrogen-bond donors (Lipinski definition) is 1. The summed E-state index contributed by atoms with van der Waals surface area (Å²) in [6, 6.07) is 0. The number of ether oxygens (including phenoxy) is 2. The van der Waals surface area contributed by atoms with Crippen LogP contribution in [-0.2, 0) is 14.3 Å². The number of nitrogens with two attached hydrogens (primary N) is 1. The minimum Gasteiger partial charge on any atom is -0.467 e. The van der Waals surface area contributed by atoms with E-state index in [2.05, 4.69) is 4.99 Å². The summed E-state index contributed by atoms with van der Waals surface area (Å²) < 4.78 is 10.4. The minimum atomic E-state index is -1.38. The van der Waals surface area contributed by atoms with Crippen LogP contribution in [0.5, 0.6) is 0 Å². The second kappa shape index (κ2) is 7.88. The molecule has 1 aliphatic heterocycles. The van der Waals surface area contributed by atoms with E-state index >= 15 is 0 Å². The highest BCUT2D eigenvalue weighted by Gasteiger charge is 2.57. The van der Waals surface area contributed by atoms with E-state index in [1.54, 1.807) is 27.8 Å². The topological polar surface area (TPSA) is 94.2 Å². The Morgan fingerprint density at radius 1 is 1.46 bits per heavy atom. The first kappa shape index (κ1) is 20.3. The van der Waals surface area contributed by atoms with Crippen LogP contribution in [0.2, 0.25) is 0 Å². The smallest absolute Gasteiger partial charge is 0.411 e. The molecule has 0 aliphatic carbocycles. The van der Waals surface area contributed by atoms with Crippen molar-refractivity contribution < 1.29 is 19.1 Å². The Labute approximate surface area is 147 Å². The lowest BCUT2D eigenvalue weighted by Crippen LogP contribution is -2.55. The normalized spacial score (nSPS) is 24.5. The van der Waals surface area contributed by atoms with Crippen molar-refractivity contribution in [2.75, 3.05) is 26.6 Å². The zero-order chi connectivity index (χ0) is 18.5. The molecule has 0 aromatic carbocycles. The van der Waals surface area contributed by atoms with Crippen molar-refractivity contribution in [1.29, 1.82) is 0 Å². The molecule has 0 bridgehead atoms. The maximum absolute atomic E-state index is 12.7. The molecule has 1 unspecified atom stereocenters. The van der Waals surface area contributed by atoms with Crippen LogP contribution in [0, 0.1) is 0 Å². The van der Waals surface area contributed by atoms with Gasteiger partial charge in [0.25, 0.3) is 0 Å². The highest BCUT2D eigenvalue weighted by atomic mass is 35.5. The molecule has 24 heavy (non-hydrogen) atoms. The zero-order valence-electron chi connectivity index (χ0n) is 14.9. The van der Waals surface area contributed by atoms with Gasteiger partial charge < -0.3 is 15.2 Å². The van der Waals surface area contributed by atoms with E-state index in [1.165, 1.54) is 18.2 Å². The SMILES string of the molecule is CN=C1CN(C(=O)OC(C)(C)C)C(CCCCl)(C(=O)OC)/C1=C/N. The largest absolute Gasteiger partial charge is 0.467 e. The van der Waals surface area contributed by atoms with Gasteiger partial charge in [-0.1, -0.05) is 0 Å². The van der Waals surface area contributed by atoms with E-state index in [4.69, 9.17) is 26.8 Å². The first-order chi connectivity index (χ1) is 11.2. The summed E-state index contributed by atoms with van der Waals surface area (Å²) in [7, 11) is 2.86. The van der Waals surface area contributed by atoms with Gasteiger partial charge in [0.15, 0.2) is 5.54 Å². The number of rotatable bonds is 4. The van der Waals surface area contributed by atoms with Crippen molar-refractivity contribution in [3.8, 4) is 0 Å². The summed E-state index contributed by atoms with van der Waals surface area (Å²) in [5, 5.41) is 0. The van der Waals surface area contributed by atoms with Crippen LogP contribution in [0.4, 0.5) is 4.79 Å². The molecule has 1 rings (SSSR count). The summed E-state index contributed by atoms with van der Waals surface area (Å²) in [6.45, 7) is 5.39. The van der Waals surface area contributed by atoms with Crippen molar-refractivity contribution in [3.63, 3.8) is 0 Å². The molecule has 0 saturated carbocycles. The summed E-state index contributed by atoms with van der Waals surface area (Å²) in [6.07, 6.45) is 1.44. The molecular formula is C16H26ClN3O4. The molecule has 0 aromatic rings. The molecule has 1 aliphatic rings. The molecule has 1 amide bonds. The quantitative estimate of drug-likeness (QED) is 0.612. The maximum Gasteiger partial charge on any atom is 0.411 e. The Kier molecular flexibility index (Phi) is 6.66. The molecule has 8 heteroatoms. The number of carbonyl (C=O) groups is 2. The number of aliphatic imine (C=N–C) groups is 1. The predicted octanol–water partition coefficient (Wildman–Crippen LogP) is 2.08. The van der Waals surface area contributed by atoms with Gasteiger partial charge >= 0.3 is 12.1 Å². The lowest BCUT2D eigenvalue weighted by Gasteiger charge is -2.36. The van der Waals surface area contributed by atoms with Gasteiger partial charge in [-0.15, -0.1) is 11.6 Å². The number of methoxy groups -OCH3 is 1. The van der Waals surface area contributed by atoms with Crippen LogP contribution in [0.3, 0.4) is 0 Å². The molecule has 1 saturated heterocycles. The van der Waals surface area contributed by atoms with Crippen LogP contribution < -0.4 is 5.73 Å². The van der Waals surface area contributed by atoms with E-state index in [0.29, 0.717) is 23.6 Å². The second-order valence-corrected chi connectivity index (χ2v) is 6.84. The van der Waals surface area contributed by atoms with E-state index in [0.717, 1.165) is 0 Å². The van der Waals surface area contributed by atoms with Crippen molar-refractivity contribution in [2.45, 2.75) is 44.8 Å². The van der Waals surface area contributed by atoms with Crippen LogP contribution in [0.15, 0.2) is 16.8 Å². The molecular weight excluding hydrogens is 334 g/mol. The molecule has 1 atom stereocenters. The lowest BCUT2D eigenvalue weighted by atomic mass is 9.85. The molecule has 1 fully saturated rings. The second-order valence-electron chi connectivity index (χ2n) is 6.46. The average Bonchev–Trinajstić information content (AvgIpc) is 2.84. The van der Waals surface area contributed by atoms with Gasteiger partial charge in [0, 0.05) is 24.7 Å². The monoisotopic (exact) mass is 359 g/mol.